The fraction of sp³-hybridized carbons (Fsp3) is 0.455. The van der Waals surface area contributed by atoms with E-state index in [0.717, 1.165) is 5.82 Å². The molecule has 0 aromatic carbocycles. The Hall–Kier alpha value is -2.18. The fourth-order valence-electron chi connectivity index (χ4n) is 1.64. The van der Waals surface area contributed by atoms with Crippen LogP contribution in [-0.4, -0.2) is 38.1 Å². The van der Waals surface area contributed by atoms with Crippen molar-refractivity contribution >= 4 is 17.4 Å². The average Bonchev–Trinajstić information content (AvgIpc) is 2.73. The van der Waals surface area contributed by atoms with E-state index in [2.05, 4.69) is 25.8 Å². The quantitative estimate of drug-likeness (QED) is 0.816. The van der Waals surface area contributed by atoms with E-state index in [0.29, 0.717) is 18.0 Å². The summed E-state index contributed by atoms with van der Waals surface area (Å²) in [7, 11) is 0. The molecule has 96 valence electrons. The first-order valence-corrected chi connectivity index (χ1v) is 5.84. The molecule has 1 atom stereocenters. The van der Waals surface area contributed by atoms with Crippen molar-refractivity contribution in [2.24, 2.45) is 0 Å². The maximum atomic E-state index is 11.6. The van der Waals surface area contributed by atoms with Gasteiger partial charge >= 0.3 is 0 Å². The molecule has 0 bridgehead atoms. The van der Waals surface area contributed by atoms with E-state index >= 15 is 0 Å². The lowest BCUT2D eigenvalue weighted by Gasteiger charge is -2.13. The number of hydrogen-bond donors (Lipinski definition) is 2. The molecule has 0 fully saturated rings. The highest BCUT2D eigenvalue weighted by Crippen LogP contribution is 2.12. The maximum absolute atomic E-state index is 11.6. The monoisotopic (exact) mass is 248 g/mol. The second-order valence-corrected chi connectivity index (χ2v) is 3.98. The summed E-state index contributed by atoms with van der Waals surface area (Å²) >= 11 is 0. The third-order valence-corrected chi connectivity index (χ3v) is 2.59. The first kappa shape index (κ1) is 12.3. The zero-order chi connectivity index (χ0) is 13.1. The number of nitrogens with one attached hydrogen (secondary N) is 2. The van der Waals surface area contributed by atoms with Crippen molar-refractivity contribution in [3.8, 4) is 0 Å². The molecule has 2 N–H and O–H groups in total. The summed E-state index contributed by atoms with van der Waals surface area (Å²) in [5.74, 6) is 1.26. The van der Waals surface area contributed by atoms with E-state index in [9.17, 15) is 4.79 Å². The summed E-state index contributed by atoms with van der Waals surface area (Å²) in [4.78, 5) is 15.8. The van der Waals surface area contributed by atoms with Crippen LogP contribution in [0, 0.1) is 6.92 Å². The van der Waals surface area contributed by atoms with Crippen molar-refractivity contribution in [1.29, 1.82) is 0 Å². The van der Waals surface area contributed by atoms with Crippen molar-refractivity contribution in [2.45, 2.75) is 26.8 Å². The normalized spacial score (nSPS) is 12.4. The van der Waals surface area contributed by atoms with Crippen molar-refractivity contribution in [2.75, 3.05) is 11.9 Å². The number of fused-ring (bicyclic) bond motifs is 1. The Balaban J connectivity index is 2.24. The van der Waals surface area contributed by atoms with Crippen molar-refractivity contribution in [3.05, 3.63) is 18.2 Å². The number of nitrogens with zero attached hydrogens (tertiary/aromatic N) is 4. The van der Waals surface area contributed by atoms with Crippen LogP contribution in [0.15, 0.2) is 12.4 Å². The number of amides is 1. The molecule has 7 nitrogen and oxygen atoms in total. The molecule has 0 aliphatic rings. The van der Waals surface area contributed by atoms with Crippen LogP contribution in [0.1, 0.15) is 19.7 Å². The number of aryl methyl sites for hydroxylation is 1. The number of aromatic nitrogens is 4. The summed E-state index contributed by atoms with van der Waals surface area (Å²) < 4.78 is 1.82. The van der Waals surface area contributed by atoms with Crippen LogP contribution in [0.4, 0.5) is 5.82 Å². The molecule has 7 heteroatoms. The van der Waals surface area contributed by atoms with E-state index in [1.165, 1.54) is 0 Å². The lowest BCUT2D eigenvalue weighted by Crippen LogP contribution is -2.37. The topological polar surface area (TPSA) is 84.2 Å². The zero-order valence-electron chi connectivity index (χ0n) is 10.6. The van der Waals surface area contributed by atoms with Gasteiger partial charge in [0.1, 0.15) is 11.9 Å². The van der Waals surface area contributed by atoms with Crippen LogP contribution in [0.25, 0.3) is 5.65 Å². The Kier molecular flexibility index (Phi) is 3.40. The maximum Gasteiger partial charge on any atom is 0.242 e. The second kappa shape index (κ2) is 4.99. The smallest absolute Gasteiger partial charge is 0.242 e. The van der Waals surface area contributed by atoms with Gasteiger partial charge in [-0.15, -0.1) is 10.2 Å². The van der Waals surface area contributed by atoms with Crippen LogP contribution >= 0.6 is 0 Å². The minimum atomic E-state index is -0.374. The van der Waals surface area contributed by atoms with Gasteiger partial charge in [-0.1, -0.05) is 0 Å². The lowest BCUT2D eigenvalue weighted by molar-refractivity contribution is -0.121. The Labute approximate surface area is 105 Å². The highest BCUT2D eigenvalue weighted by molar-refractivity contribution is 5.84. The van der Waals surface area contributed by atoms with Crippen molar-refractivity contribution in [3.63, 3.8) is 0 Å². The summed E-state index contributed by atoms with van der Waals surface area (Å²) in [6.07, 6.45) is 3.43. The van der Waals surface area contributed by atoms with E-state index in [-0.39, 0.29) is 11.9 Å². The molecule has 18 heavy (non-hydrogen) atoms. The summed E-state index contributed by atoms with van der Waals surface area (Å²) in [6, 6.07) is -0.374. The van der Waals surface area contributed by atoms with Crippen molar-refractivity contribution in [1.82, 2.24) is 24.9 Å². The second-order valence-electron chi connectivity index (χ2n) is 3.98. The molecule has 0 aliphatic heterocycles. The Morgan fingerprint density at radius 3 is 3.00 bits per heavy atom. The predicted octanol–water partition coefficient (Wildman–Crippen LogP) is 0.369. The van der Waals surface area contributed by atoms with Gasteiger partial charge in [0, 0.05) is 18.9 Å². The van der Waals surface area contributed by atoms with Gasteiger partial charge in [0.25, 0.3) is 0 Å². The molecule has 0 spiro atoms. The zero-order valence-corrected chi connectivity index (χ0v) is 10.6. The lowest BCUT2D eigenvalue weighted by atomic mass is 10.3. The third-order valence-electron chi connectivity index (χ3n) is 2.59. The molecule has 2 heterocycles. The van der Waals surface area contributed by atoms with Crippen LogP contribution < -0.4 is 10.6 Å². The SMILES string of the molecule is CCNC(=O)C(C)Nc1nccn2c(C)nnc12. The molecule has 1 unspecified atom stereocenters. The largest absolute Gasteiger partial charge is 0.355 e. The minimum absolute atomic E-state index is 0.0717. The summed E-state index contributed by atoms with van der Waals surface area (Å²) in [5, 5.41) is 13.8. The number of likely N-dealkylation sites (N-methyl/N-ethyl adjacent to an activating group) is 1. The van der Waals surface area contributed by atoms with E-state index in [4.69, 9.17) is 0 Å². The Bertz CT molecular complexity index is 564. The van der Waals surface area contributed by atoms with Gasteiger partial charge in [-0.25, -0.2) is 4.98 Å². The van der Waals surface area contributed by atoms with E-state index in [1.54, 1.807) is 19.3 Å². The molecule has 0 aliphatic carbocycles. The van der Waals surface area contributed by atoms with Gasteiger partial charge in [0.2, 0.25) is 11.6 Å². The van der Waals surface area contributed by atoms with Gasteiger partial charge in [-0.2, -0.15) is 0 Å². The molecular formula is C11H16N6O. The predicted molar refractivity (Wildman–Crippen MR) is 67.3 cm³/mol. The fourth-order valence-corrected chi connectivity index (χ4v) is 1.64. The molecule has 0 radical (unpaired) electrons. The molecule has 2 aromatic rings. The van der Waals surface area contributed by atoms with Crippen molar-refractivity contribution < 1.29 is 4.79 Å². The Morgan fingerprint density at radius 2 is 2.28 bits per heavy atom. The number of hydrogen-bond acceptors (Lipinski definition) is 5. The highest BCUT2D eigenvalue weighted by Gasteiger charge is 2.15. The van der Waals surface area contributed by atoms with Crippen LogP contribution in [-0.2, 0) is 4.79 Å². The highest BCUT2D eigenvalue weighted by atomic mass is 16.2. The van der Waals surface area contributed by atoms with Crippen LogP contribution in [0.3, 0.4) is 0 Å². The Morgan fingerprint density at radius 1 is 1.50 bits per heavy atom. The average molecular weight is 248 g/mol. The van der Waals surface area contributed by atoms with Crippen LogP contribution in [0.5, 0.6) is 0 Å². The molecule has 1 amide bonds. The number of carbonyl (C=O) groups excluding carboxylic acids is 1. The van der Waals surface area contributed by atoms with Gasteiger partial charge in [-0.3, -0.25) is 9.20 Å². The number of anilines is 1. The molecule has 2 rings (SSSR count). The number of rotatable bonds is 4. The van der Waals surface area contributed by atoms with Crippen LogP contribution in [0.2, 0.25) is 0 Å². The van der Waals surface area contributed by atoms with E-state index in [1.807, 2.05) is 18.2 Å². The first-order chi connectivity index (χ1) is 8.63. The molecular weight excluding hydrogens is 232 g/mol. The van der Waals surface area contributed by atoms with E-state index < -0.39 is 0 Å². The summed E-state index contributed by atoms with van der Waals surface area (Å²) in [6.45, 7) is 6.12. The number of carbonyl (C=O) groups is 1. The van der Waals surface area contributed by atoms with Gasteiger partial charge in [-0.05, 0) is 20.8 Å². The standard InChI is InChI=1S/C11H16N6O/c1-4-12-11(18)7(2)14-9-10-16-15-8(3)17(10)6-5-13-9/h5-7H,4H2,1-3H3,(H,12,18)(H,13,14). The third kappa shape index (κ3) is 2.24. The first-order valence-electron chi connectivity index (χ1n) is 5.84. The molecule has 0 saturated heterocycles. The van der Waals surface area contributed by atoms with Gasteiger partial charge < -0.3 is 10.6 Å². The van der Waals surface area contributed by atoms with Gasteiger partial charge in [0.15, 0.2) is 5.82 Å². The summed E-state index contributed by atoms with van der Waals surface area (Å²) in [5.41, 5.74) is 0.617. The molecule has 0 saturated carbocycles. The van der Waals surface area contributed by atoms with Gasteiger partial charge in [0.05, 0.1) is 0 Å². The minimum Gasteiger partial charge on any atom is -0.355 e. The molecule has 2 aromatic heterocycles.